The lowest BCUT2D eigenvalue weighted by Crippen LogP contribution is -2.38. The zero-order valence-corrected chi connectivity index (χ0v) is 19.2. The molecule has 32 heavy (non-hydrogen) atoms. The van der Waals surface area contributed by atoms with Crippen molar-refractivity contribution in [2.24, 2.45) is 5.92 Å². The molecule has 0 radical (unpaired) electrons. The van der Waals surface area contributed by atoms with Crippen LogP contribution in [0.15, 0.2) is 47.4 Å². The molecule has 2 heterocycles. The van der Waals surface area contributed by atoms with Crippen molar-refractivity contribution in [1.82, 2.24) is 4.90 Å². The minimum atomic E-state index is -3.90. The van der Waals surface area contributed by atoms with E-state index in [1.165, 1.54) is 12.1 Å². The Bertz CT molecular complexity index is 1060. The van der Waals surface area contributed by atoms with E-state index in [2.05, 4.69) is 16.5 Å². The Balaban J connectivity index is 1.65. The minimum absolute atomic E-state index is 0.0306. The molecular weight excluding hydrogens is 429 g/mol. The molecular formula is C24H30FN3O3S. The Morgan fingerprint density at radius 1 is 0.969 bits per heavy atom. The molecule has 2 aromatic rings. The number of rotatable bonds is 5. The third-order valence-corrected chi connectivity index (χ3v) is 7.77. The first-order valence-electron chi connectivity index (χ1n) is 11.3. The zero-order valence-electron chi connectivity index (χ0n) is 18.4. The molecule has 2 aliphatic heterocycles. The molecule has 0 spiro atoms. The van der Waals surface area contributed by atoms with Gasteiger partial charge in [0.05, 0.1) is 10.5 Å². The Kier molecular flexibility index (Phi) is 6.69. The quantitative estimate of drug-likeness (QED) is 0.715. The number of hydrogen-bond donors (Lipinski definition) is 1. The number of piperidine rings is 2. The molecule has 6 nitrogen and oxygen atoms in total. The third kappa shape index (κ3) is 5.06. The summed E-state index contributed by atoms with van der Waals surface area (Å²) in [7, 11) is -3.90. The first-order chi connectivity index (χ1) is 15.3. The van der Waals surface area contributed by atoms with Gasteiger partial charge in [-0.2, -0.15) is 0 Å². The number of carbonyl (C=O) groups is 1. The van der Waals surface area contributed by atoms with Gasteiger partial charge in [-0.25, -0.2) is 12.8 Å². The van der Waals surface area contributed by atoms with Crippen LogP contribution in [0, 0.1) is 11.7 Å². The molecule has 0 aromatic heterocycles. The Hall–Kier alpha value is -2.61. The second kappa shape index (κ2) is 9.48. The predicted octanol–water partition coefficient (Wildman–Crippen LogP) is 4.49. The number of nitrogens with one attached hydrogen (secondary N) is 1. The van der Waals surface area contributed by atoms with E-state index >= 15 is 0 Å². The van der Waals surface area contributed by atoms with Gasteiger partial charge in [-0.15, -0.1) is 0 Å². The summed E-state index contributed by atoms with van der Waals surface area (Å²) in [5.74, 6) is 0.106. The van der Waals surface area contributed by atoms with Crippen LogP contribution in [0.3, 0.4) is 0 Å². The normalized spacial score (nSPS) is 17.9. The van der Waals surface area contributed by atoms with Crippen molar-refractivity contribution in [2.45, 2.75) is 43.9 Å². The van der Waals surface area contributed by atoms with E-state index in [-0.39, 0.29) is 10.8 Å². The van der Waals surface area contributed by atoms with Crippen molar-refractivity contribution in [3.8, 4) is 0 Å². The summed E-state index contributed by atoms with van der Waals surface area (Å²) in [4.78, 5) is 17.5. The van der Waals surface area contributed by atoms with E-state index in [9.17, 15) is 17.6 Å². The fraction of sp³-hybridized carbons (Fsp3) is 0.458. The molecule has 0 unspecified atom stereocenters. The van der Waals surface area contributed by atoms with Crippen LogP contribution in [-0.2, 0) is 10.0 Å². The summed E-state index contributed by atoms with van der Waals surface area (Å²) in [6.45, 7) is 5.44. The largest absolute Gasteiger partial charge is 0.371 e. The zero-order chi connectivity index (χ0) is 22.7. The fourth-order valence-electron chi connectivity index (χ4n) is 4.39. The third-order valence-electron chi connectivity index (χ3n) is 6.37. The lowest BCUT2D eigenvalue weighted by Gasteiger charge is -2.35. The number of likely N-dealkylation sites (tertiary alicyclic amines) is 1. The van der Waals surface area contributed by atoms with Crippen molar-refractivity contribution in [3.63, 3.8) is 0 Å². The van der Waals surface area contributed by atoms with Gasteiger partial charge >= 0.3 is 0 Å². The number of hydrogen-bond acceptors (Lipinski definition) is 4. The van der Waals surface area contributed by atoms with E-state index < -0.39 is 15.8 Å². The topological polar surface area (TPSA) is 69.7 Å². The number of carbonyl (C=O) groups excluding carboxylic acids is 1. The Labute approximate surface area is 189 Å². The van der Waals surface area contributed by atoms with Gasteiger partial charge in [0.2, 0.25) is 0 Å². The summed E-state index contributed by atoms with van der Waals surface area (Å²) >= 11 is 0. The van der Waals surface area contributed by atoms with E-state index in [1.807, 2.05) is 11.0 Å². The van der Waals surface area contributed by atoms with Crippen LogP contribution < -0.4 is 9.62 Å². The van der Waals surface area contributed by atoms with E-state index in [0.29, 0.717) is 17.2 Å². The molecule has 1 N–H and O–H groups in total. The molecule has 0 bridgehead atoms. The van der Waals surface area contributed by atoms with Crippen molar-refractivity contribution in [3.05, 3.63) is 53.8 Å². The van der Waals surface area contributed by atoms with Crippen LogP contribution in [0.5, 0.6) is 0 Å². The molecule has 0 saturated carbocycles. The smallest absolute Gasteiger partial charge is 0.261 e. The maximum absolute atomic E-state index is 13.4. The minimum Gasteiger partial charge on any atom is -0.371 e. The monoisotopic (exact) mass is 459 g/mol. The van der Waals surface area contributed by atoms with Crippen molar-refractivity contribution >= 4 is 27.3 Å². The second-order valence-electron chi connectivity index (χ2n) is 8.81. The SMILES string of the molecule is CC1CCN(c2ccc(NS(=O)(=O)c3ccc(F)cc3)cc2C(=O)N2CCCCC2)CC1. The summed E-state index contributed by atoms with van der Waals surface area (Å²) < 4.78 is 41.3. The molecule has 2 saturated heterocycles. The number of benzene rings is 2. The Morgan fingerprint density at radius 2 is 1.62 bits per heavy atom. The fourth-order valence-corrected chi connectivity index (χ4v) is 5.44. The summed E-state index contributed by atoms with van der Waals surface area (Å²) in [5.41, 5.74) is 1.71. The maximum atomic E-state index is 13.4. The first kappa shape index (κ1) is 22.6. The van der Waals surface area contributed by atoms with E-state index in [4.69, 9.17) is 0 Å². The van der Waals surface area contributed by atoms with Crippen LogP contribution in [0.4, 0.5) is 15.8 Å². The molecule has 0 aliphatic carbocycles. The molecule has 4 rings (SSSR count). The first-order valence-corrected chi connectivity index (χ1v) is 12.8. The number of halogens is 1. The highest BCUT2D eigenvalue weighted by atomic mass is 32.2. The molecule has 8 heteroatoms. The average molecular weight is 460 g/mol. The van der Waals surface area contributed by atoms with E-state index in [0.717, 1.165) is 76.1 Å². The standard InChI is InChI=1S/C24H30FN3O3S/c1-18-11-15-27(16-12-18)23-10-7-20(17-22(23)24(29)28-13-3-2-4-14-28)26-32(30,31)21-8-5-19(25)6-9-21/h5-10,17-18,26H,2-4,11-16H2,1H3. The van der Waals surface area contributed by atoms with Gasteiger partial charge in [-0.1, -0.05) is 6.92 Å². The lowest BCUT2D eigenvalue weighted by molar-refractivity contribution is 0.0725. The van der Waals surface area contributed by atoms with Gasteiger partial charge in [0, 0.05) is 37.6 Å². The maximum Gasteiger partial charge on any atom is 0.261 e. The number of nitrogens with zero attached hydrogens (tertiary/aromatic N) is 2. The van der Waals surface area contributed by atoms with Gasteiger partial charge in [-0.3, -0.25) is 9.52 Å². The van der Waals surface area contributed by atoms with Gasteiger partial charge < -0.3 is 9.80 Å². The second-order valence-corrected chi connectivity index (χ2v) is 10.5. The summed E-state index contributed by atoms with van der Waals surface area (Å²) in [6.07, 6.45) is 5.23. The van der Waals surface area contributed by atoms with Crippen molar-refractivity contribution < 1.29 is 17.6 Å². The van der Waals surface area contributed by atoms with Crippen LogP contribution in [0.25, 0.3) is 0 Å². The average Bonchev–Trinajstić information content (AvgIpc) is 2.80. The highest BCUT2D eigenvalue weighted by molar-refractivity contribution is 7.92. The van der Waals surface area contributed by atoms with Crippen LogP contribution in [-0.4, -0.2) is 45.4 Å². The van der Waals surface area contributed by atoms with E-state index in [1.54, 1.807) is 12.1 Å². The number of sulfonamides is 1. The summed E-state index contributed by atoms with van der Waals surface area (Å²) in [6, 6.07) is 9.85. The van der Waals surface area contributed by atoms with Crippen molar-refractivity contribution in [1.29, 1.82) is 0 Å². The van der Waals surface area contributed by atoms with Gasteiger partial charge in [0.1, 0.15) is 5.82 Å². The highest BCUT2D eigenvalue weighted by Crippen LogP contribution is 2.31. The lowest BCUT2D eigenvalue weighted by atomic mass is 9.97. The molecule has 172 valence electrons. The molecule has 0 atom stereocenters. The number of amides is 1. The molecule has 2 aromatic carbocycles. The Morgan fingerprint density at radius 3 is 2.28 bits per heavy atom. The van der Waals surface area contributed by atoms with Crippen LogP contribution in [0.2, 0.25) is 0 Å². The van der Waals surface area contributed by atoms with Crippen molar-refractivity contribution in [2.75, 3.05) is 35.8 Å². The van der Waals surface area contributed by atoms with Crippen LogP contribution >= 0.6 is 0 Å². The highest BCUT2D eigenvalue weighted by Gasteiger charge is 2.26. The van der Waals surface area contributed by atoms with Crippen LogP contribution in [0.1, 0.15) is 49.4 Å². The molecule has 2 aliphatic rings. The number of anilines is 2. The predicted molar refractivity (Wildman–Crippen MR) is 124 cm³/mol. The summed E-state index contributed by atoms with van der Waals surface area (Å²) in [5, 5.41) is 0. The van der Waals surface area contributed by atoms with Gasteiger partial charge in [0.25, 0.3) is 15.9 Å². The van der Waals surface area contributed by atoms with Gasteiger partial charge in [-0.05, 0) is 80.5 Å². The molecule has 2 fully saturated rings. The molecule has 1 amide bonds. The van der Waals surface area contributed by atoms with Gasteiger partial charge in [0.15, 0.2) is 0 Å².